The average molecular weight is 261 g/mol. The lowest BCUT2D eigenvalue weighted by molar-refractivity contribution is 0.277. The van der Waals surface area contributed by atoms with Crippen LogP contribution in [-0.2, 0) is 12.5 Å². The molecule has 0 aliphatic carbocycles. The van der Waals surface area contributed by atoms with E-state index in [9.17, 15) is 4.39 Å². The zero-order valence-corrected chi connectivity index (χ0v) is 11.5. The van der Waals surface area contributed by atoms with Crippen LogP contribution in [0.3, 0.4) is 0 Å². The Morgan fingerprint density at radius 3 is 2.79 bits per heavy atom. The monoisotopic (exact) mass is 261 g/mol. The number of rotatable bonds is 2. The van der Waals surface area contributed by atoms with Gasteiger partial charge in [0, 0.05) is 12.5 Å². The zero-order chi connectivity index (χ0) is 13.5. The van der Waals surface area contributed by atoms with Gasteiger partial charge in [0.05, 0.1) is 11.0 Å². The number of benzene rings is 1. The van der Waals surface area contributed by atoms with E-state index < -0.39 is 0 Å². The predicted molar refractivity (Wildman–Crippen MR) is 74.7 cm³/mol. The lowest BCUT2D eigenvalue weighted by Crippen LogP contribution is -2.41. The summed E-state index contributed by atoms with van der Waals surface area (Å²) in [7, 11) is 2.00. The summed E-state index contributed by atoms with van der Waals surface area (Å²) in [5, 5.41) is 3.41. The molecule has 0 unspecified atom stereocenters. The van der Waals surface area contributed by atoms with Crippen LogP contribution in [0.2, 0.25) is 0 Å². The number of nitrogens with zero attached hydrogens (tertiary/aromatic N) is 2. The van der Waals surface area contributed by atoms with E-state index in [1.54, 1.807) is 12.1 Å². The Hall–Kier alpha value is -1.42. The summed E-state index contributed by atoms with van der Waals surface area (Å²) in [6.07, 6.45) is 3.28. The van der Waals surface area contributed by atoms with Crippen LogP contribution in [0.1, 0.15) is 32.0 Å². The molecule has 0 atom stereocenters. The van der Waals surface area contributed by atoms with Gasteiger partial charge in [0.25, 0.3) is 0 Å². The van der Waals surface area contributed by atoms with E-state index >= 15 is 0 Å². The summed E-state index contributed by atoms with van der Waals surface area (Å²) >= 11 is 0. The molecule has 3 nitrogen and oxygen atoms in total. The van der Waals surface area contributed by atoms with E-state index in [1.807, 2.05) is 7.05 Å². The van der Waals surface area contributed by atoms with Crippen LogP contribution < -0.4 is 5.32 Å². The SMILES string of the molecule is CCC1(c2nc3ccc(F)cc3n2C)CCNCC1. The standard InChI is InChI=1S/C15H20FN3/c1-3-15(6-8-17-9-7-15)14-18-12-5-4-11(16)10-13(12)19(14)2/h4-5,10,17H,3,6-9H2,1-2H3. The molecule has 1 aromatic carbocycles. The molecule has 0 radical (unpaired) electrons. The van der Waals surface area contributed by atoms with E-state index in [0.717, 1.165) is 49.2 Å². The lowest BCUT2D eigenvalue weighted by atomic mass is 9.76. The minimum atomic E-state index is -0.196. The van der Waals surface area contributed by atoms with E-state index in [1.165, 1.54) is 6.07 Å². The quantitative estimate of drug-likeness (QED) is 0.901. The molecular formula is C15H20FN3. The second kappa shape index (κ2) is 4.60. The Kier molecular flexibility index (Phi) is 3.05. The second-order valence-corrected chi connectivity index (χ2v) is 5.51. The third-order valence-electron chi connectivity index (χ3n) is 4.55. The maximum atomic E-state index is 13.4. The Morgan fingerprint density at radius 1 is 1.37 bits per heavy atom. The molecule has 3 rings (SSSR count). The smallest absolute Gasteiger partial charge is 0.125 e. The zero-order valence-electron chi connectivity index (χ0n) is 11.5. The van der Waals surface area contributed by atoms with Gasteiger partial charge in [-0.2, -0.15) is 0 Å². The third-order valence-corrected chi connectivity index (χ3v) is 4.55. The fourth-order valence-corrected chi connectivity index (χ4v) is 3.28. The number of nitrogens with one attached hydrogen (secondary N) is 1. The number of fused-ring (bicyclic) bond motifs is 1. The topological polar surface area (TPSA) is 29.9 Å². The summed E-state index contributed by atoms with van der Waals surface area (Å²) in [4.78, 5) is 4.79. The molecule has 1 aliphatic rings. The molecule has 0 spiro atoms. The Labute approximate surface area is 112 Å². The molecule has 1 aromatic heterocycles. The molecule has 1 N–H and O–H groups in total. The van der Waals surface area contributed by atoms with Gasteiger partial charge in [0.1, 0.15) is 11.6 Å². The number of aryl methyl sites for hydroxylation is 1. The van der Waals surface area contributed by atoms with Gasteiger partial charge in [-0.25, -0.2) is 9.37 Å². The molecule has 0 saturated carbocycles. The van der Waals surface area contributed by atoms with Crippen LogP contribution >= 0.6 is 0 Å². The second-order valence-electron chi connectivity index (χ2n) is 5.51. The lowest BCUT2D eigenvalue weighted by Gasteiger charge is -2.36. The molecule has 0 bridgehead atoms. The molecule has 4 heteroatoms. The van der Waals surface area contributed by atoms with Crippen molar-refractivity contribution < 1.29 is 4.39 Å². The van der Waals surface area contributed by atoms with Crippen molar-refractivity contribution in [3.8, 4) is 0 Å². The van der Waals surface area contributed by atoms with Crippen molar-refractivity contribution in [2.45, 2.75) is 31.6 Å². The van der Waals surface area contributed by atoms with Crippen molar-refractivity contribution in [2.24, 2.45) is 7.05 Å². The van der Waals surface area contributed by atoms with Crippen LogP contribution in [0.5, 0.6) is 0 Å². The Morgan fingerprint density at radius 2 is 2.11 bits per heavy atom. The van der Waals surface area contributed by atoms with Crippen LogP contribution in [-0.4, -0.2) is 22.6 Å². The van der Waals surface area contributed by atoms with Crippen molar-refractivity contribution in [2.75, 3.05) is 13.1 Å². The summed E-state index contributed by atoms with van der Waals surface area (Å²) in [5.74, 6) is 0.912. The fourth-order valence-electron chi connectivity index (χ4n) is 3.28. The largest absolute Gasteiger partial charge is 0.331 e. The number of piperidine rings is 1. The van der Waals surface area contributed by atoms with E-state index in [4.69, 9.17) is 4.98 Å². The molecular weight excluding hydrogens is 241 g/mol. The van der Waals surface area contributed by atoms with Crippen LogP contribution in [0.4, 0.5) is 4.39 Å². The molecule has 102 valence electrons. The summed E-state index contributed by atoms with van der Waals surface area (Å²) in [6.45, 7) is 4.29. The van der Waals surface area contributed by atoms with Crippen LogP contribution in [0.25, 0.3) is 11.0 Å². The fraction of sp³-hybridized carbons (Fsp3) is 0.533. The van der Waals surface area contributed by atoms with Gasteiger partial charge in [-0.05, 0) is 50.6 Å². The summed E-state index contributed by atoms with van der Waals surface area (Å²) in [5.41, 5.74) is 1.92. The molecule has 2 heterocycles. The summed E-state index contributed by atoms with van der Waals surface area (Å²) < 4.78 is 15.5. The first kappa shape index (κ1) is 12.6. The first-order valence-electron chi connectivity index (χ1n) is 6.99. The first-order valence-corrected chi connectivity index (χ1v) is 6.99. The first-order chi connectivity index (χ1) is 9.16. The molecule has 1 aliphatic heterocycles. The number of aromatic nitrogens is 2. The van der Waals surface area contributed by atoms with Gasteiger partial charge in [-0.15, -0.1) is 0 Å². The highest BCUT2D eigenvalue weighted by Crippen LogP contribution is 2.37. The van der Waals surface area contributed by atoms with Gasteiger partial charge in [0.15, 0.2) is 0 Å². The van der Waals surface area contributed by atoms with Crippen molar-refractivity contribution in [1.29, 1.82) is 0 Å². The van der Waals surface area contributed by atoms with Crippen molar-refractivity contribution in [1.82, 2.24) is 14.9 Å². The Bertz CT molecular complexity index is 597. The highest BCUT2D eigenvalue weighted by molar-refractivity contribution is 5.76. The maximum absolute atomic E-state index is 13.4. The number of hydrogen-bond donors (Lipinski definition) is 1. The van der Waals surface area contributed by atoms with Crippen molar-refractivity contribution in [3.05, 3.63) is 29.8 Å². The minimum absolute atomic E-state index is 0.134. The van der Waals surface area contributed by atoms with Gasteiger partial charge in [-0.3, -0.25) is 0 Å². The van der Waals surface area contributed by atoms with E-state index in [2.05, 4.69) is 16.8 Å². The third kappa shape index (κ3) is 1.94. The van der Waals surface area contributed by atoms with Crippen molar-refractivity contribution in [3.63, 3.8) is 0 Å². The predicted octanol–water partition coefficient (Wildman–Crippen LogP) is 2.74. The molecule has 1 fully saturated rings. The normalized spacial score (nSPS) is 18.9. The number of imidazole rings is 1. The van der Waals surface area contributed by atoms with E-state index in [0.29, 0.717) is 0 Å². The average Bonchev–Trinajstić information content (AvgIpc) is 2.77. The highest BCUT2D eigenvalue weighted by Gasteiger charge is 2.36. The van der Waals surface area contributed by atoms with Gasteiger partial charge in [0.2, 0.25) is 0 Å². The molecule has 1 saturated heterocycles. The van der Waals surface area contributed by atoms with Crippen LogP contribution in [0, 0.1) is 5.82 Å². The van der Waals surface area contributed by atoms with Gasteiger partial charge < -0.3 is 9.88 Å². The van der Waals surface area contributed by atoms with Crippen LogP contribution in [0.15, 0.2) is 18.2 Å². The number of hydrogen-bond acceptors (Lipinski definition) is 2. The molecule has 2 aromatic rings. The number of halogens is 1. The summed E-state index contributed by atoms with van der Waals surface area (Å²) in [6, 6.07) is 4.84. The maximum Gasteiger partial charge on any atom is 0.125 e. The van der Waals surface area contributed by atoms with Gasteiger partial charge >= 0.3 is 0 Å². The minimum Gasteiger partial charge on any atom is -0.331 e. The molecule has 19 heavy (non-hydrogen) atoms. The van der Waals surface area contributed by atoms with E-state index in [-0.39, 0.29) is 11.2 Å². The Balaban J connectivity index is 2.15. The highest BCUT2D eigenvalue weighted by atomic mass is 19.1. The van der Waals surface area contributed by atoms with Crippen molar-refractivity contribution >= 4 is 11.0 Å². The van der Waals surface area contributed by atoms with Gasteiger partial charge in [-0.1, -0.05) is 6.92 Å². The molecule has 0 amide bonds.